The standard InChI is InChI=1S/C10H16N2O3/c1-10(2,3)8-6(4-11)7(13)5-12(8)9(14)15/h6-8,13H,5H2,1-3H3,(H,14,15). The Morgan fingerprint density at radius 3 is 2.40 bits per heavy atom. The van der Waals surface area contributed by atoms with Gasteiger partial charge in [0, 0.05) is 0 Å². The highest BCUT2D eigenvalue weighted by Gasteiger charge is 2.49. The first-order chi connectivity index (χ1) is 6.79. The van der Waals surface area contributed by atoms with Gasteiger partial charge in [-0.05, 0) is 5.41 Å². The number of nitriles is 1. The van der Waals surface area contributed by atoms with E-state index in [4.69, 9.17) is 10.4 Å². The van der Waals surface area contributed by atoms with Gasteiger partial charge < -0.3 is 15.1 Å². The molecule has 1 heterocycles. The van der Waals surface area contributed by atoms with Gasteiger partial charge in [-0.3, -0.25) is 0 Å². The van der Waals surface area contributed by atoms with Crippen molar-refractivity contribution in [1.29, 1.82) is 5.26 Å². The molecule has 0 aromatic carbocycles. The zero-order valence-corrected chi connectivity index (χ0v) is 9.14. The molecule has 0 aromatic rings. The molecule has 0 saturated carbocycles. The summed E-state index contributed by atoms with van der Waals surface area (Å²) in [5.74, 6) is -0.638. The van der Waals surface area contributed by atoms with E-state index in [0.717, 1.165) is 0 Å². The summed E-state index contributed by atoms with van der Waals surface area (Å²) in [4.78, 5) is 12.1. The number of hydrogen-bond donors (Lipinski definition) is 2. The molecule has 3 atom stereocenters. The average Bonchev–Trinajstić information content (AvgIpc) is 2.41. The molecule has 3 unspecified atom stereocenters. The summed E-state index contributed by atoms with van der Waals surface area (Å²) in [5.41, 5.74) is -0.351. The first kappa shape index (κ1) is 11.8. The molecule has 1 fully saturated rings. The van der Waals surface area contributed by atoms with Crippen LogP contribution in [0.15, 0.2) is 0 Å². The number of hydrogen-bond acceptors (Lipinski definition) is 3. The van der Waals surface area contributed by atoms with Gasteiger partial charge in [0.1, 0.15) is 0 Å². The van der Waals surface area contributed by atoms with E-state index in [-0.39, 0.29) is 12.0 Å². The number of likely N-dealkylation sites (tertiary alicyclic amines) is 1. The zero-order chi connectivity index (χ0) is 11.8. The minimum atomic E-state index is -1.08. The zero-order valence-electron chi connectivity index (χ0n) is 9.14. The van der Waals surface area contributed by atoms with Crippen molar-refractivity contribution in [3.63, 3.8) is 0 Å². The topological polar surface area (TPSA) is 84.6 Å². The molecule has 5 heteroatoms. The van der Waals surface area contributed by atoms with Crippen LogP contribution in [-0.4, -0.2) is 39.9 Å². The Kier molecular flexibility index (Phi) is 2.91. The van der Waals surface area contributed by atoms with Gasteiger partial charge in [-0.15, -0.1) is 0 Å². The minimum absolute atomic E-state index is 0.0233. The number of aliphatic hydroxyl groups is 1. The van der Waals surface area contributed by atoms with E-state index in [1.807, 2.05) is 26.8 Å². The Morgan fingerprint density at radius 2 is 2.07 bits per heavy atom. The molecule has 15 heavy (non-hydrogen) atoms. The predicted molar refractivity (Wildman–Crippen MR) is 53.1 cm³/mol. The molecular formula is C10H16N2O3. The van der Waals surface area contributed by atoms with Crippen LogP contribution in [0.1, 0.15) is 20.8 Å². The Hall–Kier alpha value is -1.28. The highest BCUT2D eigenvalue weighted by molar-refractivity contribution is 5.66. The molecule has 0 aromatic heterocycles. The van der Waals surface area contributed by atoms with Gasteiger partial charge in [-0.25, -0.2) is 4.79 Å². The maximum Gasteiger partial charge on any atom is 0.407 e. The fourth-order valence-electron chi connectivity index (χ4n) is 2.19. The lowest BCUT2D eigenvalue weighted by Crippen LogP contribution is -2.45. The van der Waals surface area contributed by atoms with E-state index < -0.39 is 24.2 Å². The molecule has 0 aliphatic carbocycles. The lowest BCUT2D eigenvalue weighted by atomic mass is 9.79. The van der Waals surface area contributed by atoms with Crippen molar-refractivity contribution in [2.24, 2.45) is 11.3 Å². The maximum absolute atomic E-state index is 11.0. The molecule has 2 N–H and O–H groups in total. The third-order valence-electron chi connectivity index (χ3n) is 2.76. The SMILES string of the molecule is CC(C)(C)C1C(C#N)C(O)CN1C(=O)O. The fourth-order valence-corrected chi connectivity index (χ4v) is 2.19. The number of β-amino-alcohol motifs (C(OH)–C–C–N with tert-alkyl or cyclic N) is 1. The van der Waals surface area contributed by atoms with Crippen LogP contribution in [0.2, 0.25) is 0 Å². The lowest BCUT2D eigenvalue weighted by molar-refractivity contribution is 0.0984. The third-order valence-corrected chi connectivity index (χ3v) is 2.76. The molecule has 84 valence electrons. The fraction of sp³-hybridized carbons (Fsp3) is 0.800. The Labute approximate surface area is 88.9 Å². The second kappa shape index (κ2) is 3.70. The van der Waals surface area contributed by atoms with Crippen LogP contribution in [0.5, 0.6) is 0 Å². The molecule has 1 aliphatic rings. The van der Waals surface area contributed by atoms with Crippen LogP contribution < -0.4 is 0 Å². The van der Waals surface area contributed by atoms with Crippen molar-refractivity contribution in [3.05, 3.63) is 0 Å². The van der Waals surface area contributed by atoms with Gasteiger partial charge in [0.15, 0.2) is 0 Å². The summed E-state index contributed by atoms with van der Waals surface area (Å²) in [6, 6.07) is 1.55. The van der Waals surface area contributed by atoms with Crippen molar-refractivity contribution in [2.45, 2.75) is 32.9 Å². The van der Waals surface area contributed by atoms with Gasteiger partial charge >= 0.3 is 6.09 Å². The summed E-state index contributed by atoms with van der Waals surface area (Å²) in [5, 5.41) is 27.5. The summed E-state index contributed by atoms with van der Waals surface area (Å²) >= 11 is 0. The smallest absolute Gasteiger partial charge is 0.407 e. The van der Waals surface area contributed by atoms with Crippen molar-refractivity contribution < 1.29 is 15.0 Å². The number of rotatable bonds is 0. The van der Waals surface area contributed by atoms with Gasteiger partial charge in [0.25, 0.3) is 0 Å². The maximum atomic E-state index is 11.0. The van der Waals surface area contributed by atoms with E-state index in [2.05, 4.69) is 0 Å². The van der Waals surface area contributed by atoms with Gasteiger partial charge in [0.2, 0.25) is 0 Å². The first-order valence-electron chi connectivity index (χ1n) is 4.86. The number of carbonyl (C=O) groups is 1. The van der Waals surface area contributed by atoms with Crippen molar-refractivity contribution in [2.75, 3.05) is 6.54 Å². The van der Waals surface area contributed by atoms with Gasteiger partial charge in [-0.1, -0.05) is 20.8 Å². The first-order valence-corrected chi connectivity index (χ1v) is 4.86. The van der Waals surface area contributed by atoms with E-state index in [0.29, 0.717) is 0 Å². The monoisotopic (exact) mass is 212 g/mol. The molecule has 1 aliphatic heterocycles. The second-order valence-electron chi connectivity index (χ2n) is 4.97. The normalized spacial score (nSPS) is 31.4. The van der Waals surface area contributed by atoms with Gasteiger partial charge in [0.05, 0.1) is 30.7 Å². The molecular weight excluding hydrogens is 196 g/mol. The van der Waals surface area contributed by atoms with Crippen LogP contribution in [0.4, 0.5) is 4.79 Å². The average molecular weight is 212 g/mol. The highest BCUT2D eigenvalue weighted by Crippen LogP contribution is 2.36. The number of carboxylic acid groups (broad SMARTS) is 1. The second-order valence-corrected chi connectivity index (χ2v) is 4.97. The van der Waals surface area contributed by atoms with Crippen LogP contribution >= 0.6 is 0 Å². The van der Waals surface area contributed by atoms with E-state index in [1.165, 1.54) is 4.90 Å². The van der Waals surface area contributed by atoms with E-state index >= 15 is 0 Å². The summed E-state index contributed by atoms with van der Waals surface area (Å²) in [6.07, 6.45) is -1.96. The molecule has 1 rings (SSSR count). The van der Waals surface area contributed by atoms with Crippen molar-refractivity contribution >= 4 is 6.09 Å². The summed E-state index contributed by atoms with van der Waals surface area (Å²) in [6.45, 7) is 5.64. The van der Waals surface area contributed by atoms with Crippen LogP contribution in [0.3, 0.4) is 0 Å². The molecule has 1 saturated heterocycles. The Morgan fingerprint density at radius 1 is 1.53 bits per heavy atom. The lowest BCUT2D eigenvalue weighted by Gasteiger charge is -2.34. The third kappa shape index (κ3) is 2.05. The largest absolute Gasteiger partial charge is 0.465 e. The van der Waals surface area contributed by atoms with Crippen molar-refractivity contribution in [1.82, 2.24) is 4.90 Å². The number of aliphatic hydroxyl groups excluding tert-OH is 1. The quantitative estimate of drug-likeness (QED) is 0.624. The Balaban J connectivity index is 3.04. The highest BCUT2D eigenvalue weighted by atomic mass is 16.4. The molecule has 5 nitrogen and oxygen atoms in total. The van der Waals surface area contributed by atoms with E-state index in [1.54, 1.807) is 0 Å². The molecule has 0 bridgehead atoms. The minimum Gasteiger partial charge on any atom is -0.465 e. The van der Waals surface area contributed by atoms with Crippen molar-refractivity contribution in [3.8, 4) is 6.07 Å². The molecule has 1 amide bonds. The molecule has 0 radical (unpaired) electrons. The summed E-state index contributed by atoms with van der Waals surface area (Å²) in [7, 11) is 0. The molecule has 0 spiro atoms. The summed E-state index contributed by atoms with van der Waals surface area (Å²) < 4.78 is 0. The van der Waals surface area contributed by atoms with Gasteiger partial charge in [-0.2, -0.15) is 5.26 Å². The van der Waals surface area contributed by atoms with Crippen LogP contribution in [-0.2, 0) is 0 Å². The van der Waals surface area contributed by atoms with Crippen LogP contribution in [0, 0.1) is 22.7 Å². The number of nitrogens with zero attached hydrogens (tertiary/aromatic N) is 2. The van der Waals surface area contributed by atoms with Crippen LogP contribution in [0.25, 0.3) is 0 Å². The Bertz CT molecular complexity index is 303. The van der Waals surface area contributed by atoms with E-state index in [9.17, 15) is 9.90 Å². The predicted octanol–water partition coefficient (Wildman–Crippen LogP) is 0.895. The number of amides is 1.